The molecule has 0 saturated carbocycles. The van der Waals surface area contributed by atoms with Crippen molar-refractivity contribution in [2.75, 3.05) is 18.9 Å². The lowest BCUT2D eigenvalue weighted by atomic mass is 10.2. The zero-order valence-electron chi connectivity index (χ0n) is 7.31. The van der Waals surface area contributed by atoms with E-state index >= 15 is 0 Å². The van der Waals surface area contributed by atoms with E-state index in [1.54, 1.807) is 0 Å². The molecular formula is C10H12N2O. The molecule has 0 atom stereocenters. The smallest absolute Gasteiger partial charge is 0.0966 e. The van der Waals surface area contributed by atoms with E-state index in [4.69, 9.17) is 10.5 Å². The number of hydrogen-bond acceptors (Lipinski definition) is 3. The second-order valence-electron chi connectivity index (χ2n) is 3.10. The molecule has 0 unspecified atom stereocenters. The van der Waals surface area contributed by atoms with E-state index in [1.807, 2.05) is 30.5 Å². The number of hydrogen-bond donors (Lipinski definition) is 1. The summed E-state index contributed by atoms with van der Waals surface area (Å²) in [4.78, 5) is 4.33. The zero-order chi connectivity index (χ0) is 9.10. The summed E-state index contributed by atoms with van der Waals surface area (Å²) in [5, 5.41) is 0. The van der Waals surface area contributed by atoms with Crippen LogP contribution in [0.1, 0.15) is 5.56 Å². The van der Waals surface area contributed by atoms with Gasteiger partial charge in [-0.15, -0.1) is 0 Å². The Morgan fingerprint density at radius 3 is 2.77 bits per heavy atom. The maximum atomic E-state index is 5.74. The molecule has 1 aliphatic rings. The fourth-order valence-electron chi connectivity index (χ4n) is 1.12. The third-order valence-corrected chi connectivity index (χ3v) is 2.04. The number of benzene rings is 1. The Labute approximate surface area is 77.2 Å². The Balaban J connectivity index is 2.07. The molecule has 2 rings (SSSR count). The third kappa shape index (κ3) is 1.87. The number of nitrogens with two attached hydrogens (primary N) is 1. The van der Waals surface area contributed by atoms with Gasteiger partial charge in [0, 0.05) is 17.5 Å². The van der Waals surface area contributed by atoms with E-state index in [9.17, 15) is 0 Å². The van der Waals surface area contributed by atoms with Gasteiger partial charge in [-0.05, 0) is 6.07 Å². The van der Waals surface area contributed by atoms with Crippen molar-refractivity contribution in [3.05, 3.63) is 29.8 Å². The van der Waals surface area contributed by atoms with Gasteiger partial charge in [0.15, 0.2) is 0 Å². The monoisotopic (exact) mass is 176 g/mol. The molecule has 1 aromatic carbocycles. The lowest BCUT2D eigenvalue weighted by Gasteiger charge is -2.21. The minimum absolute atomic E-state index is 0.333. The Hall–Kier alpha value is -1.35. The van der Waals surface area contributed by atoms with Gasteiger partial charge in [0.2, 0.25) is 0 Å². The highest BCUT2D eigenvalue weighted by Crippen LogP contribution is 2.09. The standard InChI is InChI=1S/C10H12N2O/c11-10-4-2-1-3-8(10)5-12-9-6-13-7-9/h1-5,9H,6-7,11H2. The third-order valence-electron chi connectivity index (χ3n) is 2.04. The van der Waals surface area contributed by atoms with E-state index in [1.165, 1.54) is 0 Å². The molecular weight excluding hydrogens is 164 g/mol. The first-order valence-electron chi connectivity index (χ1n) is 4.31. The number of anilines is 1. The summed E-state index contributed by atoms with van der Waals surface area (Å²) >= 11 is 0. The van der Waals surface area contributed by atoms with Gasteiger partial charge in [-0.2, -0.15) is 0 Å². The predicted molar refractivity (Wildman–Crippen MR) is 53.1 cm³/mol. The van der Waals surface area contributed by atoms with E-state index in [0.717, 1.165) is 24.5 Å². The first-order chi connectivity index (χ1) is 6.36. The molecule has 0 bridgehead atoms. The first-order valence-corrected chi connectivity index (χ1v) is 4.31. The van der Waals surface area contributed by atoms with Crippen LogP contribution in [0, 0.1) is 0 Å². The first kappa shape index (κ1) is 8.26. The van der Waals surface area contributed by atoms with Crippen molar-refractivity contribution in [3.63, 3.8) is 0 Å². The second-order valence-corrected chi connectivity index (χ2v) is 3.10. The van der Waals surface area contributed by atoms with Gasteiger partial charge < -0.3 is 10.5 Å². The number of rotatable bonds is 2. The molecule has 3 heteroatoms. The van der Waals surface area contributed by atoms with Crippen molar-refractivity contribution in [1.29, 1.82) is 0 Å². The average molecular weight is 176 g/mol. The lowest BCUT2D eigenvalue weighted by molar-refractivity contribution is 0.0135. The Morgan fingerprint density at radius 1 is 1.38 bits per heavy atom. The van der Waals surface area contributed by atoms with Crippen LogP contribution < -0.4 is 5.73 Å². The highest BCUT2D eigenvalue weighted by atomic mass is 16.5. The molecule has 0 amide bonds. The Bertz CT molecular complexity index is 318. The van der Waals surface area contributed by atoms with Crippen molar-refractivity contribution >= 4 is 11.9 Å². The fourth-order valence-corrected chi connectivity index (χ4v) is 1.12. The largest absolute Gasteiger partial charge is 0.398 e. The molecule has 0 radical (unpaired) electrons. The van der Waals surface area contributed by atoms with Crippen molar-refractivity contribution in [1.82, 2.24) is 0 Å². The highest BCUT2D eigenvalue weighted by Gasteiger charge is 2.15. The van der Waals surface area contributed by atoms with Crippen LogP contribution in [0.25, 0.3) is 0 Å². The van der Waals surface area contributed by atoms with E-state index < -0.39 is 0 Å². The lowest BCUT2D eigenvalue weighted by Crippen LogP contribution is -2.31. The van der Waals surface area contributed by atoms with Crippen LogP contribution in [0.2, 0.25) is 0 Å². The molecule has 2 N–H and O–H groups in total. The highest BCUT2D eigenvalue weighted by molar-refractivity contribution is 5.86. The van der Waals surface area contributed by atoms with Crippen molar-refractivity contribution < 1.29 is 4.74 Å². The van der Waals surface area contributed by atoms with Crippen LogP contribution in [0.15, 0.2) is 29.3 Å². The summed E-state index contributed by atoms with van der Waals surface area (Å²) in [5.41, 5.74) is 7.49. The molecule has 0 aromatic heterocycles. The van der Waals surface area contributed by atoms with Crippen LogP contribution >= 0.6 is 0 Å². The maximum absolute atomic E-state index is 5.74. The molecule has 13 heavy (non-hydrogen) atoms. The average Bonchev–Trinajstić information content (AvgIpc) is 2.05. The SMILES string of the molecule is Nc1ccccc1C=NC1COC1. The number of aliphatic imine (C=N–C) groups is 1. The zero-order valence-corrected chi connectivity index (χ0v) is 7.31. The second kappa shape index (κ2) is 3.58. The summed E-state index contributed by atoms with van der Waals surface area (Å²) in [7, 11) is 0. The van der Waals surface area contributed by atoms with Gasteiger partial charge >= 0.3 is 0 Å². The predicted octanol–water partition coefficient (Wildman–Crippen LogP) is 1.09. The number of nitrogen functional groups attached to an aromatic ring is 1. The van der Waals surface area contributed by atoms with Crippen LogP contribution in [0.4, 0.5) is 5.69 Å². The van der Waals surface area contributed by atoms with Crippen molar-refractivity contribution in [2.45, 2.75) is 6.04 Å². The molecule has 1 heterocycles. The number of ether oxygens (including phenoxy) is 1. The molecule has 1 fully saturated rings. The normalized spacial score (nSPS) is 17.5. The Kier molecular flexibility index (Phi) is 2.27. The van der Waals surface area contributed by atoms with Gasteiger partial charge in [0.05, 0.1) is 19.3 Å². The van der Waals surface area contributed by atoms with Gasteiger partial charge in [-0.1, -0.05) is 18.2 Å². The van der Waals surface area contributed by atoms with Crippen LogP contribution in [0.5, 0.6) is 0 Å². The summed E-state index contributed by atoms with van der Waals surface area (Å²) in [5.74, 6) is 0. The molecule has 3 nitrogen and oxygen atoms in total. The van der Waals surface area contributed by atoms with Gasteiger partial charge in [-0.3, -0.25) is 4.99 Å². The minimum Gasteiger partial charge on any atom is -0.398 e. The van der Waals surface area contributed by atoms with Gasteiger partial charge in [-0.25, -0.2) is 0 Å². The minimum atomic E-state index is 0.333. The number of para-hydroxylation sites is 1. The number of nitrogens with zero attached hydrogens (tertiary/aromatic N) is 1. The van der Waals surface area contributed by atoms with Gasteiger partial charge in [0.1, 0.15) is 0 Å². The summed E-state index contributed by atoms with van der Waals surface area (Å²) in [6.07, 6.45) is 1.82. The topological polar surface area (TPSA) is 47.6 Å². The molecule has 0 spiro atoms. The van der Waals surface area contributed by atoms with Crippen LogP contribution in [0.3, 0.4) is 0 Å². The van der Waals surface area contributed by atoms with Crippen molar-refractivity contribution in [2.24, 2.45) is 4.99 Å². The fraction of sp³-hybridized carbons (Fsp3) is 0.300. The quantitative estimate of drug-likeness (QED) is 0.541. The van der Waals surface area contributed by atoms with Crippen molar-refractivity contribution in [3.8, 4) is 0 Å². The van der Waals surface area contributed by atoms with E-state index in [-0.39, 0.29) is 0 Å². The molecule has 1 aliphatic heterocycles. The van der Waals surface area contributed by atoms with E-state index in [2.05, 4.69) is 4.99 Å². The van der Waals surface area contributed by atoms with Crippen LogP contribution in [-0.4, -0.2) is 25.5 Å². The Morgan fingerprint density at radius 2 is 2.15 bits per heavy atom. The molecule has 68 valence electrons. The van der Waals surface area contributed by atoms with E-state index in [0.29, 0.717) is 6.04 Å². The summed E-state index contributed by atoms with van der Waals surface area (Å²) < 4.78 is 5.01. The maximum Gasteiger partial charge on any atom is 0.0966 e. The molecule has 1 saturated heterocycles. The summed E-state index contributed by atoms with van der Waals surface area (Å²) in [6, 6.07) is 8.03. The molecule has 1 aromatic rings. The molecule has 0 aliphatic carbocycles. The van der Waals surface area contributed by atoms with Gasteiger partial charge in [0.25, 0.3) is 0 Å². The summed E-state index contributed by atoms with van der Waals surface area (Å²) in [6.45, 7) is 1.48. The van der Waals surface area contributed by atoms with Crippen LogP contribution in [-0.2, 0) is 4.74 Å².